The van der Waals surface area contributed by atoms with Gasteiger partial charge in [-0.1, -0.05) is 298 Å². The molecule has 8 aliphatic carbocycles. The summed E-state index contributed by atoms with van der Waals surface area (Å²) < 4.78 is 15.8. The number of carbonyl (C=O) groups excluding carboxylic acids is 4. The lowest BCUT2D eigenvalue weighted by molar-refractivity contribution is -0.131. The number of rotatable bonds is 23. The van der Waals surface area contributed by atoms with E-state index in [9.17, 15) is 28.5 Å². The van der Waals surface area contributed by atoms with Crippen LogP contribution >= 0.6 is 7.37 Å². The Morgan fingerprint density at radius 1 is 0.357 bits per heavy atom. The molecule has 0 bridgehead atoms. The third-order valence-electron chi connectivity index (χ3n) is 25.4. The van der Waals surface area contributed by atoms with E-state index >= 15 is 0 Å². The molecule has 0 aromatic carbocycles. The fraction of sp³-hybridized carbons (Fsp3) is 0.552. The molecule has 0 radical (unpaired) electrons. The van der Waals surface area contributed by atoms with Crippen molar-refractivity contribution in [3.05, 3.63) is 259 Å². The van der Waals surface area contributed by atoms with Crippen molar-refractivity contribution in [2.24, 2.45) is 43.3 Å². The molecule has 0 spiro atoms. The maximum Gasteiger partial charge on any atom is 0.328 e. The van der Waals surface area contributed by atoms with Crippen LogP contribution in [0.5, 0.6) is 0 Å². The van der Waals surface area contributed by atoms with E-state index < -0.39 is 13.3 Å². The minimum Gasteiger partial charge on any atom is -0.478 e. The molecule has 8 rings (SSSR count). The molecule has 714 valence electrons. The van der Waals surface area contributed by atoms with E-state index in [1.54, 1.807) is 62.4 Å². The Labute approximate surface area is 788 Å². The zero-order chi connectivity index (χ0) is 96.7. The molecule has 0 aromatic heterocycles. The quantitative estimate of drug-likeness (QED) is 0.0320. The summed E-state index contributed by atoms with van der Waals surface area (Å²) >= 11 is 0. The lowest BCUT2D eigenvalue weighted by atomic mass is 9.72. The predicted octanol–water partition coefficient (Wildman–Crippen LogP) is 32.9. The molecule has 0 fully saturated rings. The molecular formula is C116H176N3O9P. The Hall–Kier alpha value is -8.95. The third-order valence-corrected chi connectivity index (χ3v) is 26.9. The first-order valence-electron chi connectivity index (χ1n) is 46.5. The monoisotopic (exact) mass is 1790 g/mol. The van der Waals surface area contributed by atoms with Gasteiger partial charge in [-0.3, -0.25) is 23.7 Å². The summed E-state index contributed by atoms with van der Waals surface area (Å²) in [5, 5.41) is 42.2. The zero-order valence-corrected chi connectivity index (χ0v) is 84.9. The van der Waals surface area contributed by atoms with Gasteiger partial charge in [0.05, 0.1) is 31.4 Å². The second-order valence-electron chi connectivity index (χ2n) is 40.1. The van der Waals surface area contributed by atoms with E-state index in [1.165, 1.54) is 267 Å². The van der Waals surface area contributed by atoms with Crippen LogP contribution in [-0.2, 0) is 33.1 Å². The fourth-order valence-electron chi connectivity index (χ4n) is 18.5. The first kappa shape index (κ1) is 124. The maximum absolute atomic E-state index is 11.0. The average Bonchev–Trinajstić information content (AvgIpc) is 0.773. The van der Waals surface area contributed by atoms with Gasteiger partial charge in [-0.05, 0) is 336 Å². The highest BCUT2D eigenvalue weighted by atomic mass is 31.2. The number of hydrogen-bond acceptors (Lipinski definition) is 11. The lowest BCUT2D eigenvalue weighted by Crippen LogP contribution is -2.19. The SMILES string of the molecule is C.C.CC(=O)/C=C/C1=C(C)CCCC1(C)C.CC1=C(/C=C/C(=O)O)C(C)(C)CCC1.CC1=C(/C=C/C=C/C#N)C(C)(C)CCC1.CC1=C(/C=C/C=C/C=C/C#N)C(C)(C)CCC1.CC1=C(/C=C/C=C/C=C/C=O)C(C)(C)CCC1.CC1=C(/C=C/C=C/C=O)C(C)(C)CCC1.CC1=C(/C=C/C=O)C(C)(C)CCC1.CC1=C(/C=C/CO)C(C)(C)CCC1.CCOP(C)(=O)CC#N. The molecule has 2 N–H and O–H groups in total. The number of nitrogens with zero attached hydrogens (tertiary/aromatic N) is 3. The third kappa shape index (κ3) is 49.8. The number of nitriles is 3. The van der Waals surface area contributed by atoms with Crippen molar-refractivity contribution in [1.82, 2.24) is 0 Å². The van der Waals surface area contributed by atoms with Gasteiger partial charge in [0.25, 0.3) is 0 Å². The number of aliphatic hydroxyl groups excluding tert-OH is 1. The van der Waals surface area contributed by atoms with E-state index in [1.807, 2.05) is 66.8 Å². The average molecular weight is 1790 g/mol. The van der Waals surface area contributed by atoms with Crippen LogP contribution in [0.3, 0.4) is 0 Å². The number of allylic oxidation sites excluding steroid dienone is 42. The van der Waals surface area contributed by atoms with Gasteiger partial charge in [-0.25, -0.2) is 4.79 Å². The van der Waals surface area contributed by atoms with E-state index in [0.29, 0.717) is 28.3 Å². The van der Waals surface area contributed by atoms with Crippen molar-refractivity contribution < 1.29 is 43.3 Å². The van der Waals surface area contributed by atoms with Gasteiger partial charge >= 0.3 is 5.97 Å². The van der Waals surface area contributed by atoms with Crippen LogP contribution in [-0.4, -0.2) is 66.9 Å². The van der Waals surface area contributed by atoms with Crippen molar-refractivity contribution in [3.63, 3.8) is 0 Å². The molecule has 0 heterocycles. The number of aliphatic hydroxyl groups is 1. The highest BCUT2D eigenvalue weighted by Gasteiger charge is 2.33. The molecule has 0 amide bonds. The molecule has 8 aliphatic rings. The summed E-state index contributed by atoms with van der Waals surface area (Å²) in [6.45, 7) is 59.3. The fourth-order valence-corrected chi connectivity index (χ4v) is 19.4. The van der Waals surface area contributed by atoms with Crippen molar-refractivity contribution in [2.45, 2.75) is 349 Å². The van der Waals surface area contributed by atoms with E-state index in [2.05, 4.69) is 209 Å². The van der Waals surface area contributed by atoms with Crippen LogP contribution in [0.2, 0.25) is 0 Å². The van der Waals surface area contributed by atoms with Gasteiger partial charge in [0, 0.05) is 24.9 Å². The number of hydrogen-bond donors (Lipinski definition) is 2. The summed E-state index contributed by atoms with van der Waals surface area (Å²) in [4.78, 5) is 51.8. The lowest BCUT2D eigenvalue weighted by Gasteiger charge is -2.32. The summed E-state index contributed by atoms with van der Waals surface area (Å²) in [6, 6.07) is 5.76. The molecule has 13 heteroatoms. The van der Waals surface area contributed by atoms with E-state index in [-0.39, 0.29) is 55.1 Å². The Morgan fingerprint density at radius 2 is 0.574 bits per heavy atom. The molecular weight excluding hydrogens is 1610 g/mol. The minimum atomic E-state index is -2.55. The summed E-state index contributed by atoms with van der Waals surface area (Å²) in [5.41, 5.74) is 25.0. The number of ketones is 1. The normalized spacial score (nSPS) is 20.8. The summed E-state index contributed by atoms with van der Waals surface area (Å²) in [5.74, 6) is -0.738. The molecule has 1 unspecified atom stereocenters. The van der Waals surface area contributed by atoms with Crippen LogP contribution in [0.4, 0.5) is 0 Å². The Morgan fingerprint density at radius 3 is 0.806 bits per heavy atom. The predicted molar refractivity (Wildman–Crippen MR) is 555 cm³/mol. The van der Waals surface area contributed by atoms with Crippen LogP contribution in [0.25, 0.3) is 0 Å². The molecule has 129 heavy (non-hydrogen) atoms. The minimum absolute atomic E-state index is 0. The molecule has 0 aliphatic heterocycles. The van der Waals surface area contributed by atoms with E-state index in [4.69, 9.17) is 30.5 Å². The topological polar surface area (TPSA) is 223 Å². The highest BCUT2D eigenvalue weighted by molar-refractivity contribution is 7.58. The van der Waals surface area contributed by atoms with Crippen molar-refractivity contribution >= 4 is 38.0 Å². The molecule has 1 atom stereocenters. The zero-order valence-electron chi connectivity index (χ0n) is 84.0. The number of carbonyl (C=O) groups is 5. The standard InChI is InChI=1S/C16H21N.C16H22O.C14H19N.C14H20O.C13H20O.C12H18O2.C12H20O.C12H18O.C5H10NO2P.2CH4/c2*1-14-10-9-12-16(2,3)15(14)11-7-5-4-6-8-13-17;2*1-12-8-7-10-14(2,3)13(12)9-5-4-6-11-15;1-10-6-5-9-13(3,4)12(10)8-7-11(2)14;1-9-5-4-8-12(2,3)10(9)6-7-11(13)14;2*1-10-6-4-8-12(2,3)11(10)7-5-9-13;1-3-8-9(2,7)5-4-6;;/h4-8,11H,9-10,12H2,1-3H3;4-8,11,13H,9-10,12H2,1-3H3;4-6,9H,7-8,10H2,1-3H3;4-6,9,11H,7-8,10H2,1-3H3;7-8H,5-6,9H2,1-4H3;6-7H,4-5,8H2,1-3H3,(H,13,14);5,7,13H,4,6,8-9H2,1-3H3;5,7,9H,4,6,8H2,1-3H3;3,5H2,1-2H3;2*1H4/b2*5-4+,8-6+,11-7+;2*6-4+,9-5+;8-7+;7-6+;2*7-5+;;;. The summed E-state index contributed by atoms with van der Waals surface area (Å²) in [6.07, 6.45) is 83.9. The van der Waals surface area contributed by atoms with Gasteiger partial charge < -0.3 is 14.7 Å². The number of carboxylic acid groups (broad SMARTS) is 1. The first-order chi connectivity index (χ1) is 59.4. The van der Waals surface area contributed by atoms with Gasteiger partial charge in [0.1, 0.15) is 25.0 Å². The van der Waals surface area contributed by atoms with Crippen molar-refractivity contribution in [2.75, 3.05) is 26.0 Å². The van der Waals surface area contributed by atoms with E-state index in [0.717, 1.165) is 31.7 Å². The van der Waals surface area contributed by atoms with Crippen molar-refractivity contribution in [3.8, 4) is 18.2 Å². The Kier molecular flexibility index (Phi) is 61.6. The Balaban J connectivity index is -0.00000139. The van der Waals surface area contributed by atoms with Crippen LogP contribution < -0.4 is 0 Å². The van der Waals surface area contributed by atoms with Crippen LogP contribution in [0.15, 0.2) is 259 Å². The number of aliphatic carboxylic acids is 1. The second kappa shape index (κ2) is 64.0. The highest BCUT2D eigenvalue weighted by Crippen LogP contribution is 2.48. The molecule has 0 aromatic rings. The maximum atomic E-state index is 11.0. The largest absolute Gasteiger partial charge is 0.478 e. The van der Waals surface area contributed by atoms with Gasteiger partial charge in [-0.15, -0.1) is 0 Å². The molecule has 0 saturated carbocycles. The van der Waals surface area contributed by atoms with Crippen LogP contribution in [0, 0.1) is 77.3 Å². The number of aldehydes is 3. The second-order valence-corrected chi connectivity index (χ2v) is 42.7. The van der Waals surface area contributed by atoms with Gasteiger partial charge in [-0.2, -0.15) is 15.8 Å². The number of carboxylic acids is 1. The first-order valence-corrected chi connectivity index (χ1v) is 48.8. The van der Waals surface area contributed by atoms with Crippen LogP contribution in [0.1, 0.15) is 349 Å². The molecule has 12 nitrogen and oxygen atoms in total. The van der Waals surface area contributed by atoms with Gasteiger partial charge in [0.15, 0.2) is 5.78 Å². The summed E-state index contributed by atoms with van der Waals surface area (Å²) in [7, 11) is -2.55. The van der Waals surface area contributed by atoms with Gasteiger partial charge in [0.2, 0.25) is 7.37 Å². The molecule has 0 saturated heterocycles. The smallest absolute Gasteiger partial charge is 0.328 e. The Bertz CT molecular complexity index is 4420. The van der Waals surface area contributed by atoms with Crippen molar-refractivity contribution in [1.29, 1.82) is 15.8 Å².